The number of anilines is 2. The predicted molar refractivity (Wildman–Crippen MR) is 51.8 cm³/mol. The number of rotatable bonds is 0. The minimum Gasteiger partial charge on any atom is -0.394 e. The second kappa shape index (κ2) is 2.59. The van der Waals surface area contributed by atoms with Crippen LogP contribution in [0, 0.1) is 0 Å². The molecule has 0 aliphatic rings. The van der Waals surface area contributed by atoms with Crippen molar-refractivity contribution in [1.82, 2.24) is 15.0 Å². The van der Waals surface area contributed by atoms with Crippen molar-refractivity contribution < 1.29 is 0 Å². The van der Waals surface area contributed by atoms with Crippen molar-refractivity contribution in [3.8, 4) is 0 Å². The minimum atomic E-state index is -0.625. The van der Waals surface area contributed by atoms with Crippen LogP contribution in [0.15, 0.2) is 15.8 Å². The van der Waals surface area contributed by atoms with Gasteiger partial charge in [-0.1, -0.05) is 0 Å². The van der Waals surface area contributed by atoms with Gasteiger partial charge in [0.2, 0.25) is 0 Å². The molecule has 0 radical (unpaired) electrons. The third kappa shape index (κ3) is 1.03. The number of pyridine rings is 1. The first kappa shape index (κ1) is 8.30. The third-order valence-corrected chi connectivity index (χ3v) is 1.86. The zero-order valence-electron chi connectivity index (χ0n) is 7.00. The summed E-state index contributed by atoms with van der Waals surface area (Å²) in [5, 5.41) is 0.205. The first-order chi connectivity index (χ1) is 6.59. The number of nitrogens with one attached hydrogen (secondary N) is 2. The van der Waals surface area contributed by atoms with Gasteiger partial charge in [0.05, 0.1) is 16.6 Å². The van der Waals surface area contributed by atoms with Gasteiger partial charge in [0.25, 0.3) is 5.56 Å². The number of hydrogen-bond acceptors (Lipinski definition) is 5. The van der Waals surface area contributed by atoms with Crippen molar-refractivity contribution in [3.05, 3.63) is 27.0 Å². The van der Waals surface area contributed by atoms with Gasteiger partial charge < -0.3 is 16.5 Å². The molecule has 0 amide bonds. The minimum absolute atomic E-state index is 0.0822. The molecule has 0 spiro atoms. The van der Waals surface area contributed by atoms with Crippen molar-refractivity contribution in [2.24, 2.45) is 0 Å². The van der Waals surface area contributed by atoms with Crippen LogP contribution in [-0.4, -0.2) is 15.0 Å². The zero-order chi connectivity index (χ0) is 10.3. The maximum Gasteiger partial charge on any atom is 0.326 e. The molecule has 2 aromatic heterocycles. The first-order valence-electron chi connectivity index (χ1n) is 3.76. The van der Waals surface area contributed by atoms with Gasteiger partial charge in [-0.05, 0) is 0 Å². The van der Waals surface area contributed by atoms with Crippen LogP contribution in [0.1, 0.15) is 0 Å². The Bertz CT molecular complexity index is 611. The maximum atomic E-state index is 11.3. The molecule has 2 heterocycles. The van der Waals surface area contributed by atoms with E-state index in [-0.39, 0.29) is 22.4 Å². The van der Waals surface area contributed by atoms with E-state index in [0.717, 1.165) is 0 Å². The Morgan fingerprint density at radius 1 is 1.21 bits per heavy atom. The fraction of sp³-hybridized carbons (Fsp3) is 0. The number of nitrogens with zero attached hydrogens (tertiary/aromatic N) is 1. The highest BCUT2D eigenvalue weighted by Crippen LogP contribution is 2.18. The fourth-order valence-electron chi connectivity index (χ4n) is 1.16. The quantitative estimate of drug-likeness (QED) is 0.416. The number of hydrogen-bond donors (Lipinski definition) is 4. The van der Waals surface area contributed by atoms with E-state index in [1.807, 2.05) is 0 Å². The highest BCUT2D eigenvalue weighted by molar-refractivity contribution is 5.92. The Balaban J connectivity index is 3.10. The number of aromatic amines is 2. The third-order valence-electron chi connectivity index (χ3n) is 1.86. The summed E-state index contributed by atoms with van der Waals surface area (Å²) in [7, 11) is 0. The topological polar surface area (TPSA) is 131 Å². The Labute approximate surface area is 76.8 Å². The summed E-state index contributed by atoms with van der Waals surface area (Å²) in [6, 6.07) is 0. The lowest BCUT2D eigenvalue weighted by Gasteiger charge is -2.01. The van der Waals surface area contributed by atoms with Gasteiger partial charge >= 0.3 is 5.69 Å². The normalized spacial score (nSPS) is 10.6. The number of nitrogen functional groups attached to an aromatic ring is 2. The van der Waals surface area contributed by atoms with Crippen LogP contribution >= 0.6 is 0 Å². The van der Waals surface area contributed by atoms with E-state index in [1.165, 1.54) is 6.20 Å². The summed E-state index contributed by atoms with van der Waals surface area (Å²) in [6.45, 7) is 0. The summed E-state index contributed by atoms with van der Waals surface area (Å²) in [5.74, 6) is 0.0822. The van der Waals surface area contributed by atoms with E-state index in [0.29, 0.717) is 0 Å². The van der Waals surface area contributed by atoms with Gasteiger partial charge in [-0.25, -0.2) is 9.78 Å². The number of nitrogens with two attached hydrogens (primary N) is 2. The van der Waals surface area contributed by atoms with Crippen molar-refractivity contribution in [1.29, 1.82) is 0 Å². The van der Waals surface area contributed by atoms with E-state index >= 15 is 0 Å². The van der Waals surface area contributed by atoms with Crippen LogP contribution in [-0.2, 0) is 0 Å². The highest BCUT2D eigenvalue weighted by Gasteiger charge is 2.06. The molecule has 0 bridgehead atoms. The van der Waals surface area contributed by atoms with Crippen molar-refractivity contribution >= 4 is 22.4 Å². The molecule has 0 saturated heterocycles. The van der Waals surface area contributed by atoms with Crippen LogP contribution in [0.3, 0.4) is 0 Å². The van der Waals surface area contributed by atoms with Crippen LogP contribution in [0.5, 0.6) is 0 Å². The van der Waals surface area contributed by atoms with E-state index in [4.69, 9.17) is 11.5 Å². The monoisotopic (exact) mass is 193 g/mol. The van der Waals surface area contributed by atoms with Gasteiger partial charge in [-0.15, -0.1) is 0 Å². The molecule has 14 heavy (non-hydrogen) atoms. The standard InChI is InChI=1S/C7H7N5O2/c8-3-4-2(1-10-5(3)9)6(13)12-7(14)11-4/h1H,8H2,(H2,9,10)(H2,11,12,13,14). The second-order valence-corrected chi connectivity index (χ2v) is 2.75. The van der Waals surface area contributed by atoms with Crippen molar-refractivity contribution in [2.45, 2.75) is 0 Å². The van der Waals surface area contributed by atoms with Crippen LogP contribution in [0.2, 0.25) is 0 Å². The predicted octanol–water partition coefficient (Wildman–Crippen LogP) is -1.22. The zero-order valence-corrected chi connectivity index (χ0v) is 7.00. The van der Waals surface area contributed by atoms with Crippen LogP contribution in [0.4, 0.5) is 11.5 Å². The van der Waals surface area contributed by atoms with E-state index in [9.17, 15) is 9.59 Å². The first-order valence-corrected chi connectivity index (χ1v) is 3.76. The molecular formula is C7H7N5O2. The number of H-pyrrole nitrogens is 2. The smallest absolute Gasteiger partial charge is 0.326 e. The lowest BCUT2D eigenvalue weighted by atomic mass is 10.3. The molecule has 6 N–H and O–H groups in total. The molecule has 7 nitrogen and oxygen atoms in total. The van der Waals surface area contributed by atoms with Crippen molar-refractivity contribution in [2.75, 3.05) is 11.5 Å². The molecule has 0 aromatic carbocycles. The summed E-state index contributed by atoms with van der Waals surface area (Å²) >= 11 is 0. The Kier molecular flexibility index (Phi) is 1.53. The SMILES string of the molecule is Nc1ncc2c(=O)[nH]c(=O)[nH]c2c1N. The lowest BCUT2D eigenvalue weighted by Crippen LogP contribution is -2.22. The van der Waals surface area contributed by atoms with Gasteiger partial charge in [0, 0.05) is 6.20 Å². The molecule has 0 unspecified atom stereocenters. The van der Waals surface area contributed by atoms with E-state index < -0.39 is 11.2 Å². The summed E-state index contributed by atoms with van der Waals surface area (Å²) < 4.78 is 0. The summed E-state index contributed by atoms with van der Waals surface area (Å²) in [4.78, 5) is 30.3. The highest BCUT2D eigenvalue weighted by atomic mass is 16.2. The molecular weight excluding hydrogens is 186 g/mol. The van der Waals surface area contributed by atoms with E-state index in [1.54, 1.807) is 0 Å². The maximum absolute atomic E-state index is 11.3. The van der Waals surface area contributed by atoms with Gasteiger partial charge in [-0.3, -0.25) is 9.78 Å². The van der Waals surface area contributed by atoms with Gasteiger partial charge in [-0.2, -0.15) is 0 Å². The molecule has 0 saturated carbocycles. The number of aromatic nitrogens is 3. The molecule has 72 valence electrons. The Morgan fingerprint density at radius 3 is 2.64 bits per heavy atom. The molecule has 7 heteroatoms. The largest absolute Gasteiger partial charge is 0.394 e. The molecule has 2 rings (SSSR count). The number of fused-ring (bicyclic) bond motifs is 1. The van der Waals surface area contributed by atoms with E-state index in [2.05, 4.69) is 15.0 Å². The molecule has 0 fully saturated rings. The van der Waals surface area contributed by atoms with Gasteiger partial charge in [0.1, 0.15) is 5.82 Å². The lowest BCUT2D eigenvalue weighted by molar-refractivity contribution is 1.08. The molecule has 0 aliphatic carbocycles. The molecule has 2 aromatic rings. The van der Waals surface area contributed by atoms with Crippen molar-refractivity contribution in [3.63, 3.8) is 0 Å². The fourth-order valence-corrected chi connectivity index (χ4v) is 1.16. The van der Waals surface area contributed by atoms with Crippen LogP contribution in [0.25, 0.3) is 10.9 Å². The average molecular weight is 193 g/mol. The molecule has 0 aliphatic heterocycles. The summed E-state index contributed by atoms with van der Waals surface area (Å²) in [6.07, 6.45) is 1.26. The van der Waals surface area contributed by atoms with Gasteiger partial charge in [0.15, 0.2) is 0 Å². The summed E-state index contributed by atoms with van der Waals surface area (Å²) in [5.41, 5.74) is 10.1. The molecule has 0 atom stereocenters. The second-order valence-electron chi connectivity index (χ2n) is 2.75. The van der Waals surface area contributed by atoms with Crippen LogP contribution < -0.4 is 22.7 Å². The Morgan fingerprint density at radius 2 is 1.93 bits per heavy atom. The average Bonchev–Trinajstić information content (AvgIpc) is 2.12. The Hall–Kier alpha value is -2.31.